The highest BCUT2D eigenvalue weighted by Crippen LogP contribution is 2.37. The number of hydrogen-bond acceptors (Lipinski definition) is 20. The summed E-state index contributed by atoms with van der Waals surface area (Å²) in [7, 11) is 0. The van der Waals surface area contributed by atoms with E-state index in [0.29, 0.717) is 0 Å². The van der Waals surface area contributed by atoms with Gasteiger partial charge in [-0.1, -0.05) is 0 Å². The van der Waals surface area contributed by atoms with Crippen LogP contribution in [0, 0.1) is 0 Å². The van der Waals surface area contributed by atoms with Crippen LogP contribution < -0.4 is 14.9 Å². The second kappa shape index (κ2) is 15.6. The molecule has 53 heavy (non-hydrogen) atoms. The van der Waals surface area contributed by atoms with Gasteiger partial charge in [0.05, 0.1) is 19.3 Å². The molecular weight excluding hydrogens is 716 g/mol. The largest absolute Gasteiger partial charge is 0.507 e. The summed E-state index contributed by atoms with van der Waals surface area (Å²) in [6.07, 6.45) is -23.8. The van der Waals surface area contributed by atoms with Crippen molar-refractivity contribution in [2.24, 2.45) is 0 Å². The maximum absolute atomic E-state index is 13.1. The lowest BCUT2D eigenvalue weighted by Gasteiger charge is -2.42. The Kier molecular flexibility index (Phi) is 11.5. The Morgan fingerprint density at radius 2 is 1.25 bits per heavy atom. The number of phenols is 2. The van der Waals surface area contributed by atoms with Gasteiger partial charge in [0.15, 0.2) is 23.2 Å². The number of aliphatic hydroxyl groups excluding tert-OH is 10. The van der Waals surface area contributed by atoms with E-state index in [1.807, 2.05) is 0 Å². The minimum atomic E-state index is -1.86. The molecule has 15 atom stereocenters. The molecular formula is C33H40O20. The van der Waals surface area contributed by atoms with Gasteiger partial charge in [-0.05, 0) is 25.1 Å². The van der Waals surface area contributed by atoms with Crippen LogP contribution in [0.5, 0.6) is 23.0 Å². The van der Waals surface area contributed by atoms with Crippen molar-refractivity contribution < 1.29 is 94.1 Å². The van der Waals surface area contributed by atoms with Crippen LogP contribution in [0.3, 0.4) is 0 Å². The average Bonchev–Trinajstić information content (AvgIpc) is 3.12. The molecule has 3 aromatic rings. The fourth-order valence-electron chi connectivity index (χ4n) is 6.13. The highest BCUT2D eigenvalue weighted by Gasteiger charge is 2.48. The number of ether oxygens (including phenoxy) is 6. The van der Waals surface area contributed by atoms with E-state index in [4.69, 9.17) is 32.8 Å². The van der Waals surface area contributed by atoms with Crippen LogP contribution in [-0.4, -0.2) is 167 Å². The van der Waals surface area contributed by atoms with E-state index in [0.717, 1.165) is 24.3 Å². The van der Waals surface area contributed by atoms with Crippen molar-refractivity contribution in [1.29, 1.82) is 0 Å². The molecule has 0 bridgehead atoms. The third-order valence-electron chi connectivity index (χ3n) is 9.27. The zero-order valence-corrected chi connectivity index (χ0v) is 27.7. The predicted octanol–water partition coefficient (Wildman–Crippen LogP) is -3.92. The smallest absolute Gasteiger partial charge is 0.229 e. The molecule has 0 spiro atoms. The zero-order valence-electron chi connectivity index (χ0n) is 27.7. The number of benzene rings is 2. The van der Waals surface area contributed by atoms with Crippen molar-refractivity contribution in [1.82, 2.24) is 0 Å². The van der Waals surface area contributed by atoms with Gasteiger partial charge in [-0.3, -0.25) is 4.79 Å². The van der Waals surface area contributed by atoms with Gasteiger partial charge in [-0.15, -0.1) is 0 Å². The van der Waals surface area contributed by atoms with Crippen molar-refractivity contribution in [3.63, 3.8) is 0 Å². The topological polar surface area (TPSA) is 328 Å². The number of aromatic hydroxyl groups is 2. The highest BCUT2D eigenvalue weighted by molar-refractivity contribution is 5.86. The Morgan fingerprint density at radius 3 is 1.92 bits per heavy atom. The minimum Gasteiger partial charge on any atom is -0.507 e. The molecule has 0 amide bonds. The monoisotopic (exact) mass is 756 g/mol. The Morgan fingerprint density at radius 1 is 0.642 bits per heavy atom. The quantitative estimate of drug-likeness (QED) is 0.0992. The van der Waals surface area contributed by atoms with E-state index < -0.39 is 122 Å². The molecule has 12 N–H and O–H groups in total. The van der Waals surface area contributed by atoms with Crippen molar-refractivity contribution in [3.8, 4) is 34.3 Å². The normalized spacial score (nSPS) is 37.8. The van der Waals surface area contributed by atoms with Gasteiger partial charge in [0.1, 0.15) is 95.4 Å². The SMILES string of the molecule is C[C@@H]1O[C@@H](OC[C@H]2O[C@@H](Oc3cc(O)c4c(=O)cc(-c5ccc(O)c(O[C@@H]6O[C@H](CO)[C@@H](O)[C@H](O)[C@H]6O)c5)oc4c3)[C@H](O)[C@@H](O)[C@@H]2O)[C@H](O)[C@H](O)[C@H]1O. The van der Waals surface area contributed by atoms with Crippen LogP contribution in [0.2, 0.25) is 0 Å². The Labute approximate surface area is 298 Å². The third-order valence-corrected chi connectivity index (χ3v) is 9.27. The molecule has 292 valence electrons. The van der Waals surface area contributed by atoms with E-state index in [-0.39, 0.29) is 33.8 Å². The molecule has 20 heteroatoms. The lowest BCUT2D eigenvalue weighted by molar-refractivity contribution is -0.318. The van der Waals surface area contributed by atoms with E-state index in [1.165, 1.54) is 19.1 Å². The van der Waals surface area contributed by atoms with Gasteiger partial charge in [0.2, 0.25) is 12.6 Å². The minimum absolute atomic E-state index is 0.124. The molecule has 0 radical (unpaired) electrons. The van der Waals surface area contributed by atoms with Crippen LogP contribution >= 0.6 is 0 Å². The third kappa shape index (κ3) is 7.65. The summed E-state index contributed by atoms with van der Waals surface area (Å²) in [6.45, 7) is 0.151. The first kappa shape index (κ1) is 39.0. The number of rotatable bonds is 9. The van der Waals surface area contributed by atoms with E-state index >= 15 is 0 Å². The molecule has 3 aliphatic heterocycles. The van der Waals surface area contributed by atoms with Gasteiger partial charge in [-0.25, -0.2) is 0 Å². The second-order valence-electron chi connectivity index (χ2n) is 12.9. The Balaban J connectivity index is 1.21. The molecule has 3 saturated heterocycles. The summed E-state index contributed by atoms with van der Waals surface area (Å²) < 4.78 is 38.9. The molecule has 0 aliphatic carbocycles. The Hall–Kier alpha value is -3.71. The van der Waals surface area contributed by atoms with Crippen LogP contribution in [0.1, 0.15) is 6.92 Å². The average molecular weight is 757 g/mol. The lowest BCUT2D eigenvalue weighted by atomic mass is 9.98. The maximum atomic E-state index is 13.1. The highest BCUT2D eigenvalue weighted by atomic mass is 16.7. The van der Waals surface area contributed by atoms with Crippen molar-refractivity contribution in [2.75, 3.05) is 13.2 Å². The lowest BCUT2D eigenvalue weighted by Crippen LogP contribution is -2.61. The molecule has 20 nitrogen and oxygen atoms in total. The molecule has 2 aromatic carbocycles. The molecule has 0 unspecified atom stereocenters. The summed E-state index contributed by atoms with van der Waals surface area (Å²) in [5.41, 5.74) is -0.837. The number of hydrogen-bond donors (Lipinski definition) is 12. The Bertz CT molecular complexity index is 1800. The standard InChI is InChI=1S/C33H40O20/c1-10-22(38)25(41)28(44)31(48-10)47-9-20-24(40)27(43)29(45)32(53-20)49-12-5-14(36)21-15(37)7-16(50-18(21)6-12)11-2-3-13(35)17(4-11)51-33-30(46)26(42)23(39)19(8-34)52-33/h2-7,10,19-20,22-36,38-46H,8-9H2,1H3/t10-,19+,20+,22-,23+,24+,25+,26-,27-,28+,29+,30+,31+,32+,33+/m0/s1. The fourth-order valence-corrected chi connectivity index (χ4v) is 6.13. The van der Waals surface area contributed by atoms with Crippen LogP contribution in [0.15, 0.2) is 45.6 Å². The van der Waals surface area contributed by atoms with Crippen LogP contribution in [0.25, 0.3) is 22.3 Å². The summed E-state index contributed by atoms with van der Waals surface area (Å²) in [5, 5.41) is 123. The fraction of sp³-hybridized carbons (Fsp3) is 0.545. The molecule has 3 fully saturated rings. The first-order valence-corrected chi connectivity index (χ1v) is 16.4. The first-order chi connectivity index (χ1) is 25.1. The second-order valence-corrected chi connectivity index (χ2v) is 12.9. The van der Waals surface area contributed by atoms with E-state index in [1.54, 1.807) is 0 Å². The molecule has 6 rings (SSSR count). The van der Waals surface area contributed by atoms with E-state index in [2.05, 4.69) is 0 Å². The first-order valence-electron chi connectivity index (χ1n) is 16.4. The number of aliphatic hydroxyl groups is 10. The van der Waals surface area contributed by atoms with Crippen molar-refractivity contribution in [2.45, 2.75) is 99.0 Å². The predicted molar refractivity (Wildman–Crippen MR) is 171 cm³/mol. The van der Waals surface area contributed by atoms with Gasteiger partial charge in [-0.2, -0.15) is 0 Å². The number of fused-ring (bicyclic) bond motifs is 1. The van der Waals surface area contributed by atoms with E-state index in [9.17, 15) is 66.1 Å². The van der Waals surface area contributed by atoms with Crippen molar-refractivity contribution >= 4 is 11.0 Å². The molecule has 3 aliphatic rings. The van der Waals surface area contributed by atoms with Gasteiger partial charge < -0.3 is 94.1 Å². The molecule has 4 heterocycles. The van der Waals surface area contributed by atoms with Gasteiger partial charge in [0.25, 0.3) is 0 Å². The van der Waals surface area contributed by atoms with Crippen LogP contribution in [0.4, 0.5) is 0 Å². The summed E-state index contributed by atoms with van der Waals surface area (Å²) in [5.74, 6) is -1.75. The van der Waals surface area contributed by atoms with Gasteiger partial charge >= 0.3 is 0 Å². The maximum Gasteiger partial charge on any atom is 0.229 e. The van der Waals surface area contributed by atoms with Gasteiger partial charge in [0, 0.05) is 23.8 Å². The summed E-state index contributed by atoms with van der Waals surface area (Å²) in [6, 6.07) is 6.88. The van der Waals surface area contributed by atoms with Crippen molar-refractivity contribution in [3.05, 3.63) is 46.6 Å². The summed E-state index contributed by atoms with van der Waals surface area (Å²) in [4.78, 5) is 13.1. The van der Waals surface area contributed by atoms with Crippen LogP contribution in [-0.2, 0) is 18.9 Å². The molecule has 0 saturated carbocycles. The molecule has 1 aromatic heterocycles. The summed E-state index contributed by atoms with van der Waals surface area (Å²) >= 11 is 0. The zero-order chi connectivity index (χ0) is 38.5. The number of phenolic OH excluding ortho intramolecular Hbond substituents is 2.